The Bertz CT molecular complexity index is 521. The van der Waals surface area contributed by atoms with Crippen molar-refractivity contribution >= 4 is 10.0 Å². The molecule has 2 rings (SSSR count). The van der Waals surface area contributed by atoms with Crippen LogP contribution in [0.4, 0.5) is 0 Å². The molecule has 0 amide bonds. The fourth-order valence-electron chi connectivity index (χ4n) is 2.43. The van der Waals surface area contributed by atoms with Crippen LogP contribution in [-0.2, 0) is 22.3 Å². The van der Waals surface area contributed by atoms with Crippen LogP contribution >= 0.6 is 0 Å². The van der Waals surface area contributed by atoms with E-state index in [4.69, 9.17) is 0 Å². The van der Waals surface area contributed by atoms with Crippen molar-refractivity contribution in [3.63, 3.8) is 0 Å². The van der Waals surface area contributed by atoms with E-state index in [1.54, 1.807) is 7.05 Å². The molecule has 1 saturated carbocycles. The van der Waals surface area contributed by atoms with Crippen molar-refractivity contribution in [3.8, 4) is 0 Å². The Morgan fingerprint density at radius 3 is 2.30 bits per heavy atom. The smallest absolute Gasteiger partial charge is 0.218 e. The minimum Gasteiger partial charge on any atom is -0.316 e. The first-order valence-electron chi connectivity index (χ1n) is 7.17. The van der Waals surface area contributed by atoms with Crippen LogP contribution in [0.15, 0.2) is 24.3 Å². The SMILES string of the molecule is CNCc1ccc(CS(=O)(=O)N(C)CC2CCC2)cc1. The van der Waals surface area contributed by atoms with E-state index in [2.05, 4.69) is 5.32 Å². The second-order valence-corrected chi connectivity index (χ2v) is 7.76. The summed E-state index contributed by atoms with van der Waals surface area (Å²) in [4.78, 5) is 0. The van der Waals surface area contributed by atoms with Crippen molar-refractivity contribution in [2.75, 3.05) is 20.6 Å². The van der Waals surface area contributed by atoms with Crippen molar-refractivity contribution in [3.05, 3.63) is 35.4 Å². The summed E-state index contributed by atoms with van der Waals surface area (Å²) in [5.74, 6) is 0.656. The summed E-state index contributed by atoms with van der Waals surface area (Å²) < 4.78 is 26.1. The van der Waals surface area contributed by atoms with Gasteiger partial charge in [-0.15, -0.1) is 0 Å². The van der Waals surface area contributed by atoms with E-state index in [1.165, 1.54) is 23.6 Å². The molecule has 1 fully saturated rings. The van der Waals surface area contributed by atoms with E-state index >= 15 is 0 Å². The number of hydrogen-bond donors (Lipinski definition) is 1. The van der Waals surface area contributed by atoms with E-state index in [0.717, 1.165) is 17.7 Å². The average molecular weight is 296 g/mol. The molecule has 0 spiro atoms. The van der Waals surface area contributed by atoms with Crippen LogP contribution < -0.4 is 5.32 Å². The molecule has 1 aliphatic carbocycles. The standard InChI is InChI=1S/C15H24N2O2S/c1-16-10-13-6-8-15(9-7-13)12-20(18,19)17(2)11-14-4-3-5-14/h6-9,14,16H,3-5,10-12H2,1-2H3. The lowest BCUT2D eigenvalue weighted by Crippen LogP contribution is -2.35. The Balaban J connectivity index is 1.95. The van der Waals surface area contributed by atoms with Gasteiger partial charge in [-0.2, -0.15) is 0 Å². The lowest BCUT2D eigenvalue weighted by molar-refractivity contribution is 0.263. The fraction of sp³-hybridized carbons (Fsp3) is 0.600. The highest BCUT2D eigenvalue weighted by molar-refractivity contribution is 7.88. The van der Waals surface area contributed by atoms with Crippen LogP contribution in [0.25, 0.3) is 0 Å². The molecule has 0 unspecified atom stereocenters. The average Bonchev–Trinajstić information content (AvgIpc) is 2.36. The monoisotopic (exact) mass is 296 g/mol. The van der Waals surface area contributed by atoms with E-state index in [0.29, 0.717) is 12.5 Å². The summed E-state index contributed by atoms with van der Waals surface area (Å²) in [6.45, 7) is 1.47. The molecule has 0 aliphatic heterocycles. The van der Waals surface area contributed by atoms with Crippen molar-refractivity contribution in [2.45, 2.75) is 31.6 Å². The maximum atomic E-state index is 12.3. The summed E-state index contributed by atoms with van der Waals surface area (Å²) in [5, 5.41) is 3.08. The van der Waals surface area contributed by atoms with E-state index in [9.17, 15) is 8.42 Å². The van der Waals surface area contributed by atoms with Crippen LogP contribution in [0.2, 0.25) is 0 Å². The highest BCUT2D eigenvalue weighted by Crippen LogP contribution is 2.27. The molecule has 112 valence electrons. The Kier molecular flexibility index (Phi) is 5.18. The van der Waals surface area contributed by atoms with Gasteiger partial charge in [0.1, 0.15) is 0 Å². The van der Waals surface area contributed by atoms with Gasteiger partial charge in [0.25, 0.3) is 0 Å². The lowest BCUT2D eigenvalue weighted by Gasteiger charge is -2.29. The number of nitrogens with zero attached hydrogens (tertiary/aromatic N) is 1. The molecule has 0 aromatic heterocycles. The Labute approximate surface area is 122 Å². The topological polar surface area (TPSA) is 49.4 Å². The molecule has 4 nitrogen and oxygen atoms in total. The quantitative estimate of drug-likeness (QED) is 0.837. The molecule has 20 heavy (non-hydrogen) atoms. The molecule has 1 aromatic rings. The van der Waals surface area contributed by atoms with E-state index in [1.807, 2.05) is 31.3 Å². The number of sulfonamides is 1. The highest BCUT2D eigenvalue weighted by atomic mass is 32.2. The molecule has 1 aromatic carbocycles. The molecule has 0 bridgehead atoms. The number of benzene rings is 1. The zero-order valence-corrected chi connectivity index (χ0v) is 13.1. The lowest BCUT2D eigenvalue weighted by atomic mass is 9.86. The second kappa shape index (κ2) is 6.70. The zero-order valence-electron chi connectivity index (χ0n) is 12.3. The van der Waals surface area contributed by atoms with E-state index < -0.39 is 10.0 Å². The highest BCUT2D eigenvalue weighted by Gasteiger charge is 2.25. The number of rotatable bonds is 7. The van der Waals surface area contributed by atoms with Gasteiger partial charge in [0, 0.05) is 20.1 Å². The summed E-state index contributed by atoms with van der Waals surface area (Å²) in [5.41, 5.74) is 2.02. The minimum atomic E-state index is -3.19. The molecule has 1 N–H and O–H groups in total. The number of nitrogens with one attached hydrogen (secondary N) is 1. The molecular formula is C15H24N2O2S. The summed E-state index contributed by atoms with van der Waals surface area (Å²) >= 11 is 0. The summed E-state index contributed by atoms with van der Waals surface area (Å²) in [7, 11) is 0.402. The van der Waals surface area contributed by atoms with E-state index in [-0.39, 0.29) is 5.75 Å². The minimum absolute atomic E-state index is 0.0933. The molecule has 1 aliphatic rings. The normalized spacial score (nSPS) is 16.4. The maximum Gasteiger partial charge on any atom is 0.218 e. The Hall–Kier alpha value is -0.910. The van der Waals surface area contributed by atoms with Crippen molar-refractivity contribution in [1.29, 1.82) is 0 Å². The van der Waals surface area contributed by atoms with Crippen LogP contribution in [0.1, 0.15) is 30.4 Å². The van der Waals surface area contributed by atoms with Gasteiger partial charge < -0.3 is 5.32 Å². The summed E-state index contributed by atoms with van der Waals surface area (Å²) in [6, 6.07) is 7.77. The van der Waals surface area contributed by atoms with Crippen molar-refractivity contribution in [1.82, 2.24) is 9.62 Å². The van der Waals surface area contributed by atoms with Crippen LogP contribution in [-0.4, -0.2) is 33.4 Å². The number of hydrogen-bond acceptors (Lipinski definition) is 3. The first-order valence-corrected chi connectivity index (χ1v) is 8.78. The van der Waals surface area contributed by atoms with Crippen molar-refractivity contribution < 1.29 is 8.42 Å². The second-order valence-electron chi connectivity index (χ2n) is 5.68. The predicted octanol–water partition coefficient (Wildman–Crippen LogP) is 1.97. The molecular weight excluding hydrogens is 272 g/mol. The van der Waals surface area contributed by atoms with Gasteiger partial charge in [-0.05, 0) is 36.9 Å². The first-order chi connectivity index (χ1) is 9.51. The van der Waals surface area contributed by atoms with Crippen LogP contribution in [0.3, 0.4) is 0 Å². The third kappa shape index (κ3) is 4.04. The van der Waals surface area contributed by atoms with Crippen LogP contribution in [0.5, 0.6) is 0 Å². The Morgan fingerprint density at radius 2 is 1.80 bits per heavy atom. The van der Waals surface area contributed by atoms with Gasteiger partial charge in [0.2, 0.25) is 10.0 Å². The fourth-order valence-corrected chi connectivity index (χ4v) is 3.70. The van der Waals surface area contributed by atoms with Gasteiger partial charge in [-0.3, -0.25) is 0 Å². The maximum absolute atomic E-state index is 12.3. The summed E-state index contributed by atoms with van der Waals surface area (Å²) in [6.07, 6.45) is 3.57. The van der Waals surface area contributed by atoms with Crippen LogP contribution in [0, 0.1) is 5.92 Å². The predicted molar refractivity (Wildman–Crippen MR) is 81.8 cm³/mol. The van der Waals surface area contributed by atoms with Gasteiger partial charge in [-0.25, -0.2) is 12.7 Å². The largest absolute Gasteiger partial charge is 0.316 e. The zero-order chi connectivity index (χ0) is 14.6. The molecule has 0 saturated heterocycles. The molecule has 5 heteroatoms. The third-order valence-corrected chi connectivity index (χ3v) is 5.76. The van der Waals surface area contributed by atoms with Gasteiger partial charge in [0.15, 0.2) is 0 Å². The van der Waals surface area contributed by atoms with Gasteiger partial charge >= 0.3 is 0 Å². The molecule has 0 heterocycles. The van der Waals surface area contributed by atoms with Crippen molar-refractivity contribution in [2.24, 2.45) is 5.92 Å². The third-order valence-electron chi connectivity index (χ3n) is 3.97. The van der Waals surface area contributed by atoms with Gasteiger partial charge in [-0.1, -0.05) is 30.7 Å². The first kappa shape index (κ1) is 15.5. The molecule has 0 radical (unpaired) electrons. The Morgan fingerprint density at radius 1 is 1.20 bits per heavy atom. The molecule has 0 atom stereocenters. The van der Waals surface area contributed by atoms with Gasteiger partial charge in [0.05, 0.1) is 5.75 Å².